The van der Waals surface area contributed by atoms with E-state index in [4.69, 9.17) is 30.5 Å². The molecule has 120 valence electrons. The molecule has 0 radical (unpaired) electrons. The fourth-order valence-corrected chi connectivity index (χ4v) is 2.18. The zero-order valence-corrected chi connectivity index (χ0v) is 12.5. The van der Waals surface area contributed by atoms with Gasteiger partial charge in [0.25, 0.3) is 0 Å². The van der Waals surface area contributed by atoms with Gasteiger partial charge in [-0.3, -0.25) is 14.4 Å². The van der Waals surface area contributed by atoms with Gasteiger partial charge in [0.1, 0.15) is 18.1 Å². The lowest BCUT2D eigenvalue weighted by Gasteiger charge is -2.40. The van der Waals surface area contributed by atoms with Crippen molar-refractivity contribution in [2.24, 2.45) is 0 Å². The molecule has 0 unspecified atom stereocenters. The summed E-state index contributed by atoms with van der Waals surface area (Å²) >= 11 is 6.12. The smallest absolute Gasteiger partial charge is 0.303 e. The summed E-state index contributed by atoms with van der Waals surface area (Å²) in [7, 11) is 0. The summed E-state index contributed by atoms with van der Waals surface area (Å²) in [5.41, 5.74) is 0. The van der Waals surface area contributed by atoms with Crippen LogP contribution in [0.5, 0.6) is 0 Å². The topological polar surface area (TPSA) is 108 Å². The molecule has 1 rings (SSSR count). The fraction of sp³-hybridized carbons (Fsp3) is 0.750. The Morgan fingerprint density at radius 3 is 2.05 bits per heavy atom. The number of carbonyl (C=O) groups is 3. The Hall–Kier alpha value is -1.38. The lowest BCUT2D eigenvalue weighted by molar-refractivity contribution is -0.261. The molecule has 0 spiro atoms. The van der Waals surface area contributed by atoms with Gasteiger partial charge >= 0.3 is 17.9 Å². The molecule has 0 aromatic heterocycles. The van der Waals surface area contributed by atoms with Crippen LogP contribution in [0.15, 0.2) is 0 Å². The summed E-state index contributed by atoms with van der Waals surface area (Å²) in [4.78, 5) is 33.0. The zero-order chi connectivity index (χ0) is 16.2. The first-order valence-corrected chi connectivity index (χ1v) is 6.61. The summed E-state index contributed by atoms with van der Waals surface area (Å²) in [6, 6.07) is 0. The van der Waals surface area contributed by atoms with Crippen molar-refractivity contribution in [1.82, 2.24) is 0 Å². The second-order valence-electron chi connectivity index (χ2n) is 4.46. The molecule has 1 aliphatic rings. The molecule has 1 aliphatic heterocycles. The van der Waals surface area contributed by atoms with Crippen molar-refractivity contribution < 1.29 is 38.4 Å². The van der Waals surface area contributed by atoms with Gasteiger partial charge in [-0.1, -0.05) is 0 Å². The number of ether oxygens (including phenoxy) is 4. The molecule has 1 fully saturated rings. The Bertz CT molecular complexity index is 412. The SMILES string of the molecule is CC(=O)OC[C@H]1O[C@@H](O)[C@H](OC(C)=O)[C@@H](OC(C)=O)[C@H]1Cl. The van der Waals surface area contributed by atoms with Crippen molar-refractivity contribution >= 4 is 29.5 Å². The second kappa shape index (κ2) is 7.58. The van der Waals surface area contributed by atoms with E-state index in [0.29, 0.717) is 0 Å². The Balaban J connectivity index is 2.87. The van der Waals surface area contributed by atoms with Crippen LogP contribution in [0.25, 0.3) is 0 Å². The van der Waals surface area contributed by atoms with E-state index in [0.717, 1.165) is 13.8 Å². The van der Waals surface area contributed by atoms with Crippen LogP contribution in [0, 0.1) is 0 Å². The molecule has 9 heteroatoms. The predicted octanol–water partition coefficient (Wildman–Crippen LogP) is -0.262. The molecule has 0 aromatic carbocycles. The highest BCUT2D eigenvalue weighted by Gasteiger charge is 2.49. The first-order chi connectivity index (χ1) is 9.72. The first kappa shape index (κ1) is 17.7. The van der Waals surface area contributed by atoms with Gasteiger partial charge in [0.15, 0.2) is 18.5 Å². The number of aliphatic hydroxyl groups excluding tert-OH is 1. The summed E-state index contributed by atoms with van der Waals surface area (Å²) in [6.07, 6.45) is -4.87. The van der Waals surface area contributed by atoms with Crippen molar-refractivity contribution in [3.63, 3.8) is 0 Å². The quantitative estimate of drug-likeness (QED) is 0.428. The Morgan fingerprint density at radius 1 is 1.05 bits per heavy atom. The van der Waals surface area contributed by atoms with Crippen LogP contribution >= 0.6 is 11.6 Å². The van der Waals surface area contributed by atoms with Gasteiger partial charge in [-0.2, -0.15) is 0 Å². The third-order valence-electron chi connectivity index (χ3n) is 2.64. The molecular formula is C12H17ClO8. The number of rotatable bonds is 4. The van der Waals surface area contributed by atoms with E-state index in [1.54, 1.807) is 0 Å². The van der Waals surface area contributed by atoms with Crippen molar-refractivity contribution in [1.29, 1.82) is 0 Å². The number of alkyl halides is 1. The number of hydrogen-bond donors (Lipinski definition) is 1. The zero-order valence-electron chi connectivity index (χ0n) is 11.8. The largest absolute Gasteiger partial charge is 0.463 e. The third-order valence-corrected chi connectivity index (χ3v) is 3.17. The average Bonchev–Trinajstić information content (AvgIpc) is 2.35. The van der Waals surface area contributed by atoms with Gasteiger partial charge in [0, 0.05) is 20.8 Å². The summed E-state index contributed by atoms with van der Waals surface area (Å²) in [5.74, 6) is -1.91. The number of hydrogen-bond acceptors (Lipinski definition) is 8. The lowest BCUT2D eigenvalue weighted by Crippen LogP contribution is -2.59. The van der Waals surface area contributed by atoms with Crippen LogP contribution in [0.1, 0.15) is 20.8 Å². The van der Waals surface area contributed by atoms with Crippen molar-refractivity contribution in [3.05, 3.63) is 0 Å². The maximum absolute atomic E-state index is 11.1. The molecule has 0 saturated carbocycles. The highest BCUT2D eigenvalue weighted by molar-refractivity contribution is 6.21. The first-order valence-electron chi connectivity index (χ1n) is 6.17. The van der Waals surface area contributed by atoms with Gasteiger partial charge < -0.3 is 24.1 Å². The van der Waals surface area contributed by atoms with Crippen LogP contribution in [-0.2, 0) is 33.3 Å². The van der Waals surface area contributed by atoms with E-state index >= 15 is 0 Å². The molecule has 1 saturated heterocycles. The number of carbonyl (C=O) groups excluding carboxylic acids is 3. The monoisotopic (exact) mass is 324 g/mol. The van der Waals surface area contributed by atoms with Crippen LogP contribution in [0.3, 0.4) is 0 Å². The molecule has 0 aromatic rings. The van der Waals surface area contributed by atoms with Crippen LogP contribution < -0.4 is 0 Å². The van der Waals surface area contributed by atoms with Gasteiger partial charge in [-0.05, 0) is 0 Å². The third kappa shape index (κ3) is 5.14. The molecule has 0 aliphatic carbocycles. The predicted molar refractivity (Wildman–Crippen MR) is 68.3 cm³/mol. The van der Waals surface area contributed by atoms with E-state index in [2.05, 4.69) is 0 Å². The molecule has 1 heterocycles. The second-order valence-corrected chi connectivity index (χ2v) is 4.96. The summed E-state index contributed by atoms with van der Waals surface area (Å²) < 4.78 is 19.8. The number of esters is 3. The minimum Gasteiger partial charge on any atom is -0.463 e. The van der Waals surface area contributed by atoms with Crippen LogP contribution in [0.2, 0.25) is 0 Å². The fourth-order valence-electron chi connectivity index (χ4n) is 1.86. The van der Waals surface area contributed by atoms with Gasteiger partial charge in [-0.15, -0.1) is 11.6 Å². The summed E-state index contributed by atoms with van der Waals surface area (Å²) in [5, 5.41) is 8.89. The highest BCUT2D eigenvalue weighted by atomic mass is 35.5. The van der Waals surface area contributed by atoms with E-state index < -0.39 is 47.9 Å². The minimum atomic E-state index is -1.56. The van der Waals surface area contributed by atoms with Gasteiger partial charge in [-0.25, -0.2) is 0 Å². The molecule has 8 nitrogen and oxygen atoms in total. The van der Waals surface area contributed by atoms with E-state index in [9.17, 15) is 19.5 Å². The number of aliphatic hydroxyl groups is 1. The normalized spacial score (nSPS) is 32.1. The molecule has 21 heavy (non-hydrogen) atoms. The Morgan fingerprint density at radius 2 is 1.57 bits per heavy atom. The van der Waals surface area contributed by atoms with Gasteiger partial charge in [0.05, 0.1) is 0 Å². The Labute approximate surface area is 126 Å². The van der Waals surface area contributed by atoms with Crippen LogP contribution in [-0.4, -0.2) is 59.6 Å². The lowest BCUT2D eigenvalue weighted by atomic mass is 10.0. The van der Waals surface area contributed by atoms with E-state index in [1.807, 2.05) is 0 Å². The molecule has 0 bridgehead atoms. The van der Waals surface area contributed by atoms with E-state index in [-0.39, 0.29) is 6.61 Å². The molecule has 1 N–H and O–H groups in total. The number of halogens is 1. The van der Waals surface area contributed by atoms with Gasteiger partial charge in [0.2, 0.25) is 0 Å². The standard InChI is InChI=1S/C12H17ClO8/c1-5(14)18-4-8-9(13)10(19-6(2)15)11(12(17)21-8)20-7(3)16/h8-12,17H,4H2,1-3H3/t8-,9+,10+,11-,12-/m1/s1. The van der Waals surface area contributed by atoms with Crippen molar-refractivity contribution in [2.75, 3.05) is 6.61 Å². The maximum Gasteiger partial charge on any atom is 0.303 e. The Kier molecular flexibility index (Phi) is 6.38. The average molecular weight is 325 g/mol. The van der Waals surface area contributed by atoms with Crippen LogP contribution in [0.4, 0.5) is 0 Å². The van der Waals surface area contributed by atoms with Crippen molar-refractivity contribution in [3.8, 4) is 0 Å². The molecule has 5 atom stereocenters. The van der Waals surface area contributed by atoms with E-state index in [1.165, 1.54) is 6.92 Å². The maximum atomic E-state index is 11.1. The van der Waals surface area contributed by atoms with Crippen molar-refractivity contribution in [2.45, 2.75) is 50.8 Å². The molecular weight excluding hydrogens is 308 g/mol. The highest BCUT2D eigenvalue weighted by Crippen LogP contribution is 2.29. The molecule has 0 amide bonds. The minimum absolute atomic E-state index is 0.231. The summed E-state index contributed by atoms with van der Waals surface area (Å²) in [6.45, 7) is 3.25.